The number of hydrogen-bond donors (Lipinski definition) is 1. The Morgan fingerprint density at radius 2 is 1.93 bits per heavy atom. The van der Waals surface area contributed by atoms with E-state index in [-0.39, 0.29) is 5.91 Å². The van der Waals surface area contributed by atoms with Gasteiger partial charge in [0, 0.05) is 34.9 Å². The summed E-state index contributed by atoms with van der Waals surface area (Å²) in [6.45, 7) is 6.91. The molecule has 148 valence electrons. The van der Waals surface area contributed by atoms with E-state index in [0.29, 0.717) is 5.75 Å². The Balaban J connectivity index is 1.37. The van der Waals surface area contributed by atoms with Crippen LogP contribution in [0.4, 0.5) is 5.69 Å². The van der Waals surface area contributed by atoms with Crippen molar-refractivity contribution in [2.24, 2.45) is 0 Å². The molecule has 3 aromatic heterocycles. The largest absolute Gasteiger partial charge is 0.331 e. The topological polar surface area (TPSA) is 72.7 Å². The van der Waals surface area contributed by atoms with Gasteiger partial charge in [-0.05, 0) is 44.0 Å². The molecule has 0 fully saturated rings. The average Bonchev–Trinajstić information content (AvgIpc) is 3.24. The number of imidazole rings is 1. The van der Waals surface area contributed by atoms with Crippen molar-refractivity contribution in [2.75, 3.05) is 11.1 Å². The quantitative estimate of drug-likeness (QED) is 0.363. The Morgan fingerprint density at radius 3 is 2.66 bits per heavy atom. The van der Waals surface area contributed by atoms with E-state index in [2.05, 4.69) is 38.7 Å². The third-order valence-corrected chi connectivity index (χ3v) is 6.89. The maximum absolute atomic E-state index is 12.4. The van der Waals surface area contributed by atoms with E-state index in [1.807, 2.05) is 37.4 Å². The zero-order valence-electron chi connectivity index (χ0n) is 16.5. The molecule has 0 saturated carbocycles. The number of thioether (sulfide) groups is 1. The molecule has 29 heavy (non-hydrogen) atoms. The zero-order chi connectivity index (χ0) is 20.4. The van der Waals surface area contributed by atoms with Gasteiger partial charge >= 0.3 is 0 Å². The second-order valence-corrected chi connectivity index (χ2v) is 8.95. The van der Waals surface area contributed by atoms with Gasteiger partial charge in [0.05, 0.1) is 5.75 Å². The number of aryl methyl sites for hydroxylation is 3. The van der Waals surface area contributed by atoms with E-state index in [9.17, 15) is 4.79 Å². The number of fused-ring (bicyclic) bond motifs is 1. The smallest absolute Gasteiger partial charge is 0.234 e. The van der Waals surface area contributed by atoms with Crippen LogP contribution in [-0.4, -0.2) is 31.2 Å². The summed E-state index contributed by atoms with van der Waals surface area (Å²) in [5.41, 5.74) is 3.14. The molecule has 8 heteroatoms. The lowest BCUT2D eigenvalue weighted by Crippen LogP contribution is -2.14. The molecule has 0 saturated heterocycles. The van der Waals surface area contributed by atoms with Crippen LogP contribution in [0.1, 0.15) is 21.8 Å². The number of aromatic nitrogens is 4. The molecule has 3 heterocycles. The number of hydrogen-bond acceptors (Lipinski definition) is 6. The van der Waals surface area contributed by atoms with Gasteiger partial charge in [0.1, 0.15) is 22.0 Å². The van der Waals surface area contributed by atoms with E-state index in [4.69, 9.17) is 0 Å². The van der Waals surface area contributed by atoms with Gasteiger partial charge in [-0.25, -0.2) is 15.0 Å². The number of thiophene rings is 1. The number of nitrogens with one attached hydrogen (secondary N) is 1. The highest BCUT2D eigenvalue weighted by atomic mass is 32.2. The molecular weight excluding hydrogens is 402 g/mol. The van der Waals surface area contributed by atoms with Crippen LogP contribution in [0, 0.1) is 20.8 Å². The summed E-state index contributed by atoms with van der Waals surface area (Å²) >= 11 is 3.11. The summed E-state index contributed by atoms with van der Waals surface area (Å²) in [7, 11) is 0. The molecule has 1 amide bonds. The number of rotatable bonds is 6. The maximum Gasteiger partial charge on any atom is 0.234 e. The van der Waals surface area contributed by atoms with Crippen LogP contribution >= 0.6 is 23.1 Å². The molecule has 0 radical (unpaired) electrons. The highest BCUT2D eigenvalue weighted by Crippen LogP contribution is 2.34. The fourth-order valence-corrected chi connectivity index (χ4v) is 4.97. The molecule has 0 aliphatic heterocycles. The predicted octanol–water partition coefficient (Wildman–Crippen LogP) is 4.59. The first kappa shape index (κ1) is 19.6. The van der Waals surface area contributed by atoms with Crippen molar-refractivity contribution in [2.45, 2.75) is 32.3 Å². The van der Waals surface area contributed by atoms with Crippen molar-refractivity contribution in [1.29, 1.82) is 0 Å². The van der Waals surface area contributed by atoms with Gasteiger partial charge in [0.15, 0.2) is 0 Å². The molecule has 1 aromatic carbocycles. The molecule has 0 unspecified atom stereocenters. The van der Waals surface area contributed by atoms with Crippen LogP contribution in [0.5, 0.6) is 0 Å². The maximum atomic E-state index is 12.4. The molecule has 1 N–H and O–H groups in total. The van der Waals surface area contributed by atoms with Gasteiger partial charge in [0.2, 0.25) is 5.91 Å². The minimum Gasteiger partial charge on any atom is -0.331 e. The summed E-state index contributed by atoms with van der Waals surface area (Å²) in [5.74, 6) is 1.23. The Kier molecular flexibility index (Phi) is 5.64. The number of benzene rings is 1. The highest BCUT2D eigenvalue weighted by Gasteiger charge is 2.13. The standard InChI is InChI=1S/C21H21N5OS2/c1-13-14(2)29-21-19(13)20(23-12-24-21)28-11-18(27)25-17-6-4-16(5-7-17)10-26-9-8-22-15(26)3/h4-9,12H,10-11H2,1-3H3,(H,25,27). The van der Waals surface area contributed by atoms with Crippen molar-refractivity contribution < 1.29 is 4.79 Å². The number of carbonyl (C=O) groups is 1. The van der Waals surface area contributed by atoms with Crippen LogP contribution in [0.25, 0.3) is 10.2 Å². The van der Waals surface area contributed by atoms with E-state index < -0.39 is 0 Å². The van der Waals surface area contributed by atoms with E-state index >= 15 is 0 Å². The molecule has 0 bridgehead atoms. The van der Waals surface area contributed by atoms with Crippen LogP contribution in [-0.2, 0) is 11.3 Å². The molecule has 4 rings (SSSR count). The lowest BCUT2D eigenvalue weighted by molar-refractivity contribution is -0.113. The van der Waals surface area contributed by atoms with E-state index in [1.165, 1.54) is 22.2 Å². The first-order valence-corrected chi connectivity index (χ1v) is 11.0. The summed E-state index contributed by atoms with van der Waals surface area (Å²) in [4.78, 5) is 27.6. The van der Waals surface area contributed by atoms with Crippen molar-refractivity contribution in [3.8, 4) is 0 Å². The monoisotopic (exact) mass is 423 g/mol. The minimum absolute atomic E-state index is 0.0513. The van der Waals surface area contributed by atoms with Crippen molar-refractivity contribution in [3.63, 3.8) is 0 Å². The first-order chi connectivity index (χ1) is 14.0. The number of carbonyl (C=O) groups excluding carboxylic acids is 1. The Morgan fingerprint density at radius 1 is 1.14 bits per heavy atom. The number of nitrogens with zero attached hydrogens (tertiary/aromatic N) is 4. The number of amides is 1. The molecular formula is C21H21N5OS2. The Bertz CT molecular complexity index is 1160. The molecule has 0 aliphatic carbocycles. The lowest BCUT2D eigenvalue weighted by Gasteiger charge is -2.08. The lowest BCUT2D eigenvalue weighted by atomic mass is 10.2. The SMILES string of the molecule is Cc1sc2ncnc(SCC(=O)Nc3ccc(Cn4ccnc4C)cc3)c2c1C. The van der Waals surface area contributed by atoms with Crippen LogP contribution in [0.15, 0.2) is 48.0 Å². The molecule has 6 nitrogen and oxygen atoms in total. The molecule has 0 aliphatic rings. The van der Waals surface area contributed by atoms with Gasteiger partial charge < -0.3 is 9.88 Å². The number of anilines is 1. The van der Waals surface area contributed by atoms with Gasteiger partial charge in [0.25, 0.3) is 0 Å². The van der Waals surface area contributed by atoms with Crippen LogP contribution in [0.3, 0.4) is 0 Å². The fraction of sp³-hybridized carbons (Fsp3) is 0.238. The van der Waals surface area contributed by atoms with Crippen LogP contribution in [0.2, 0.25) is 0 Å². The molecule has 0 atom stereocenters. The fourth-order valence-electron chi connectivity index (χ4n) is 3.05. The summed E-state index contributed by atoms with van der Waals surface area (Å²) in [5, 5.41) is 4.88. The minimum atomic E-state index is -0.0513. The zero-order valence-corrected chi connectivity index (χ0v) is 18.1. The second-order valence-electron chi connectivity index (χ2n) is 6.78. The average molecular weight is 424 g/mol. The van der Waals surface area contributed by atoms with Gasteiger partial charge in [-0.3, -0.25) is 4.79 Å². The third-order valence-electron chi connectivity index (χ3n) is 4.78. The first-order valence-electron chi connectivity index (χ1n) is 9.21. The van der Waals surface area contributed by atoms with Gasteiger partial charge in [-0.15, -0.1) is 11.3 Å². The summed E-state index contributed by atoms with van der Waals surface area (Å²) < 4.78 is 2.08. The van der Waals surface area contributed by atoms with Crippen molar-refractivity contribution in [1.82, 2.24) is 19.5 Å². The van der Waals surface area contributed by atoms with Crippen LogP contribution < -0.4 is 5.32 Å². The van der Waals surface area contributed by atoms with E-state index in [0.717, 1.165) is 38.9 Å². The molecule has 0 spiro atoms. The third kappa shape index (κ3) is 4.33. The van der Waals surface area contributed by atoms with E-state index in [1.54, 1.807) is 23.9 Å². The Hall–Kier alpha value is -2.71. The second kappa shape index (κ2) is 8.34. The normalized spacial score (nSPS) is 11.1. The highest BCUT2D eigenvalue weighted by molar-refractivity contribution is 8.00. The summed E-state index contributed by atoms with van der Waals surface area (Å²) in [6, 6.07) is 7.90. The summed E-state index contributed by atoms with van der Waals surface area (Å²) in [6.07, 6.45) is 5.33. The van der Waals surface area contributed by atoms with Crippen molar-refractivity contribution in [3.05, 3.63) is 64.8 Å². The van der Waals surface area contributed by atoms with Gasteiger partial charge in [-0.2, -0.15) is 0 Å². The Labute approximate surface area is 177 Å². The predicted molar refractivity (Wildman–Crippen MR) is 119 cm³/mol. The van der Waals surface area contributed by atoms with Gasteiger partial charge in [-0.1, -0.05) is 23.9 Å². The van der Waals surface area contributed by atoms with Crippen molar-refractivity contribution >= 4 is 44.9 Å². The molecule has 4 aromatic rings.